The number of benzene rings is 1. The lowest BCUT2D eigenvalue weighted by molar-refractivity contribution is 0.380. The summed E-state index contributed by atoms with van der Waals surface area (Å²) in [6.07, 6.45) is 1.88. The van der Waals surface area contributed by atoms with E-state index >= 15 is 0 Å². The molecule has 1 N–H and O–H groups in total. The third kappa shape index (κ3) is 5.85. The maximum Gasteiger partial charge on any atom is 0.118 e. The van der Waals surface area contributed by atoms with Crippen LogP contribution < -0.4 is 10.1 Å². The number of rotatable bonds is 8. The summed E-state index contributed by atoms with van der Waals surface area (Å²) in [6.45, 7) is 6.12. The topological polar surface area (TPSA) is 45.0 Å². The summed E-state index contributed by atoms with van der Waals surface area (Å²) in [6, 6.07) is 10.8. The number of hydrogen-bond donors (Lipinski definition) is 1. The summed E-state index contributed by atoms with van der Waals surface area (Å²) < 4.78 is 5.14. The minimum Gasteiger partial charge on any atom is -0.497 e. The van der Waals surface area contributed by atoms with Crippen LogP contribution in [0.2, 0.25) is 0 Å². The van der Waals surface area contributed by atoms with Crippen LogP contribution in [0.4, 0.5) is 0 Å². The number of nitriles is 1. The van der Waals surface area contributed by atoms with Crippen LogP contribution in [0.25, 0.3) is 0 Å². The van der Waals surface area contributed by atoms with Crippen LogP contribution in [-0.2, 0) is 0 Å². The fourth-order valence-corrected chi connectivity index (χ4v) is 2.94. The average molecular weight is 292 g/mol. The van der Waals surface area contributed by atoms with E-state index in [9.17, 15) is 5.26 Å². The van der Waals surface area contributed by atoms with Crippen molar-refractivity contribution in [1.82, 2.24) is 5.32 Å². The molecule has 0 heterocycles. The van der Waals surface area contributed by atoms with Gasteiger partial charge in [0.15, 0.2) is 0 Å². The maximum absolute atomic E-state index is 9.28. The molecule has 0 saturated carbocycles. The van der Waals surface area contributed by atoms with E-state index in [1.165, 1.54) is 4.90 Å². The molecule has 1 aromatic rings. The van der Waals surface area contributed by atoms with E-state index in [1.54, 1.807) is 7.11 Å². The van der Waals surface area contributed by atoms with Gasteiger partial charge in [-0.05, 0) is 63.6 Å². The molecule has 20 heavy (non-hydrogen) atoms. The molecule has 1 aromatic carbocycles. The van der Waals surface area contributed by atoms with Gasteiger partial charge < -0.3 is 4.74 Å². The van der Waals surface area contributed by atoms with Crippen LogP contribution in [0.3, 0.4) is 0 Å². The second-order valence-corrected chi connectivity index (χ2v) is 6.54. The third-order valence-corrected chi connectivity index (χ3v) is 4.10. The standard InChI is InChI=1S/C16H24N2OS/c1-13(2)18-16(3,12-17)10-5-11-20-15-8-6-14(19-4)7-9-15/h6-9,13,18H,5,10-11H2,1-4H3. The van der Waals surface area contributed by atoms with Gasteiger partial charge in [0.25, 0.3) is 0 Å². The van der Waals surface area contributed by atoms with Crippen molar-refractivity contribution in [3.05, 3.63) is 24.3 Å². The van der Waals surface area contributed by atoms with Crippen molar-refractivity contribution in [2.75, 3.05) is 12.9 Å². The van der Waals surface area contributed by atoms with E-state index in [-0.39, 0.29) is 0 Å². The fraction of sp³-hybridized carbons (Fsp3) is 0.562. The molecule has 0 aliphatic carbocycles. The first-order chi connectivity index (χ1) is 9.49. The molecule has 0 aliphatic rings. The predicted octanol–water partition coefficient (Wildman–Crippen LogP) is 3.85. The van der Waals surface area contributed by atoms with Crippen molar-refractivity contribution in [1.29, 1.82) is 5.26 Å². The van der Waals surface area contributed by atoms with Crippen molar-refractivity contribution < 1.29 is 4.74 Å². The molecule has 110 valence electrons. The van der Waals surface area contributed by atoms with E-state index in [2.05, 4.69) is 37.4 Å². The summed E-state index contributed by atoms with van der Waals surface area (Å²) >= 11 is 1.82. The monoisotopic (exact) mass is 292 g/mol. The Bertz CT molecular complexity index is 439. The quantitative estimate of drug-likeness (QED) is 0.584. The van der Waals surface area contributed by atoms with Crippen LogP contribution in [0.5, 0.6) is 5.75 Å². The first kappa shape index (κ1) is 16.9. The van der Waals surface area contributed by atoms with E-state index < -0.39 is 5.54 Å². The Kier molecular flexibility index (Phi) is 6.90. The first-order valence-electron chi connectivity index (χ1n) is 6.95. The van der Waals surface area contributed by atoms with Gasteiger partial charge in [-0.1, -0.05) is 0 Å². The van der Waals surface area contributed by atoms with E-state index in [4.69, 9.17) is 4.74 Å². The lowest BCUT2D eigenvalue weighted by atomic mass is 9.97. The van der Waals surface area contributed by atoms with Crippen LogP contribution in [0, 0.1) is 11.3 Å². The van der Waals surface area contributed by atoms with Gasteiger partial charge in [0.2, 0.25) is 0 Å². The highest BCUT2D eigenvalue weighted by atomic mass is 32.2. The molecule has 0 aliphatic heterocycles. The average Bonchev–Trinajstić information content (AvgIpc) is 2.43. The predicted molar refractivity (Wildman–Crippen MR) is 85.2 cm³/mol. The Hall–Kier alpha value is -1.18. The number of thioether (sulfide) groups is 1. The second kappa shape index (κ2) is 8.18. The van der Waals surface area contributed by atoms with Gasteiger partial charge in [0.1, 0.15) is 11.3 Å². The molecule has 1 unspecified atom stereocenters. The molecule has 0 bridgehead atoms. The summed E-state index contributed by atoms with van der Waals surface area (Å²) in [4.78, 5) is 1.24. The normalized spacial score (nSPS) is 13.8. The lowest BCUT2D eigenvalue weighted by Crippen LogP contribution is -2.44. The Balaban J connectivity index is 2.35. The highest BCUT2D eigenvalue weighted by Gasteiger charge is 2.23. The van der Waals surface area contributed by atoms with Crippen LogP contribution in [-0.4, -0.2) is 24.4 Å². The maximum atomic E-state index is 9.28. The Morgan fingerprint density at radius 2 is 2.00 bits per heavy atom. The van der Waals surface area contributed by atoms with Gasteiger partial charge in [-0.3, -0.25) is 5.32 Å². The van der Waals surface area contributed by atoms with Crippen molar-refractivity contribution in [2.24, 2.45) is 0 Å². The van der Waals surface area contributed by atoms with Gasteiger partial charge in [-0.2, -0.15) is 5.26 Å². The number of nitrogens with one attached hydrogen (secondary N) is 1. The molecule has 3 nitrogen and oxygen atoms in total. The molecule has 0 spiro atoms. The Morgan fingerprint density at radius 1 is 1.35 bits per heavy atom. The van der Waals surface area contributed by atoms with Crippen LogP contribution in [0.15, 0.2) is 29.2 Å². The number of hydrogen-bond acceptors (Lipinski definition) is 4. The fourth-order valence-electron chi connectivity index (χ4n) is 2.09. The molecule has 0 saturated heterocycles. The van der Waals surface area contributed by atoms with Gasteiger partial charge in [0.05, 0.1) is 13.2 Å². The zero-order valence-electron chi connectivity index (χ0n) is 12.8. The third-order valence-electron chi connectivity index (χ3n) is 3.00. The van der Waals surface area contributed by atoms with E-state index in [0.29, 0.717) is 6.04 Å². The molecule has 0 aromatic heterocycles. The minimum atomic E-state index is -0.422. The summed E-state index contributed by atoms with van der Waals surface area (Å²) in [5.74, 6) is 1.90. The summed E-state index contributed by atoms with van der Waals surface area (Å²) in [7, 11) is 1.67. The molecule has 1 rings (SSSR count). The molecular formula is C16H24N2OS. The second-order valence-electron chi connectivity index (χ2n) is 5.37. The minimum absolute atomic E-state index is 0.328. The largest absolute Gasteiger partial charge is 0.497 e. The van der Waals surface area contributed by atoms with Crippen LogP contribution in [0.1, 0.15) is 33.6 Å². The van der Waals surface area contributed by atoms with Gasteiger partial charge in [0, 0.05) is 10.9 Å². The smallest absolute Gasteiger partial charge is 0.118 e. The Labute approximate surface area is 126 Å². The highest BCUT2D eigenvalue weighted by Crippen LogP contribution is 2.23. The zero-order valence-corrected chi connectivity index (χ0v) is 13.6. The zero-order chi connectivity index (χ0) is 15.0. The molecular weight excluding hydrogens is 268 g/mol. The molecule has 0 amide bonds. The highest BCUT2D eigenvalue weighted by molar-refractivity contribution is 7.99. The molecule has 0 fully saturated rings. The number of ether oxygens (including phenoxy) is 1. The van der Waals surface area contributed by atoms with Gasteiger partial charge in [-0.25, -0.2) is 0 Å². The van der Waals surface area contributed by atoms with Gasteiger partial charge >= 0.3 is 0 Å². The number of methoxy groups -OCH3 is 1. The molecule has 4 heteroatoms. The lowest BCUT2D eigenvalue weighted by Gasteiger charge is -2.25. The Morgan fingerprint density at radius 3 is 2.50 bits per heavy atom. The van der Waals surface area contributed by atoms with E-state index in [0.717, 1.165) is 24.3 Å². The van der Waals surface area contributed by atoms with Crippen molar-refractivity contribution in [2.45, 2.75) is 50.1 Å². The van der Waals surface area contributed by atoms with Crippen molar-refractivity contribution in [3.8, 4) is 11.8 Å². The van der Waals surface area contributed by atoms with Crippen molar-refractivity contribution in [3.63, 3.8) is 0 Å². The summed E-state index contributed by atoms with van der Waals surface area (Å²) in [5, 5.41) is 12.6. The van der Waals surface area contributed by atoms with Crippen molar-refractivity contribution >= 4 is 11.8 Å². The molecule has 0 radical (unpaired) electrons. The van der Waals surface area contributed by atoms with E-state index in [1.807, 2.05) is 30.8 Å². The SMILES string of the molecule is COc1ccc(SCCCC(C)(C#N)NC(C)C)cc1. The van der Waals surface area contributed by atoms with Gasteiger partial charge in [-0.15, -0.1) is 11.8 Å². The summed E-state index contributed by atoms with van der Waals surface area (Å²) in [5.41, 5.74) is -0.422. The first-order valence-corrected chi connectivity index (χ1v) is 7.93. The molecule has 1 atom stereocenters. The van der Waals surface area contributed by atoms with Crippen LogP contribution >= 0.6 is 11.8 Å². The number of nitrogens with zero attached hydrogens (tertiary/aromatic N) is 1.